The van der Waals surface area contributed by atoms with Crippen LogP contribution in [-0.2, 0) is 13.0 Å². The fourth-order valence-electron chi connectivity index (χ4n) is 3.21. The number of halogens is 2. The monoisotopic (exact) mass is 302 g/mol. The third-order valence-electron chi connectivity index (χ3n) is 4.24. The van der Waals surface area contributed by atoms with Gasteiger partial charge in [0.15, 0.2) is 0 Å². The number of hydrogen-bond donors (Lipinski definition) is 1. The molecule has 1 aliphatic rings. The second-order valence-corrected chi connectivity index (χ2v) is 6.09. The summed E-state index contributed by atoms with van der Waals surface area (Å²) >= 11 is 0. The molecule has 2 unspecified atom stereocenters. The molecule has 2 aromatic carbocycles. The maximum atomic E-state index is 13.3. The smallest absolute Gasteiger partial charge is 0.126 e. The van der Waals surface area contributed by atoms with Crippen LogP contribution < -0.4 is 5.73 Å². The normalized spacial score (nSPS) is 22.1. The first-order valence-electron chi connectivity index (χ1n) is 7.57. The highest BCUT2D eigenvalue weighted by Crippen LogP contribution is 2.22. The largest absolute Gasteiger partial charge is 0.326 e. The van der Waals surface area contributed by atoms with Gasteiger partial charge in [-0.3, -0.25) is 4.90 Å². The molecule has 116 valence electrons. The summed E-state index contributed by atoms with van der Waals surface area (Å²) < 4.78 is 26.6. The number of benzene rings is 2. The highest BCUT2D eigenvalue weighted by molar-refractivity contribution is 5.20. The Morgan fingerprint density at radius 3 is 2.32 bits per heavy atom. The predicted octanol–water partition coefficient (Wildman–Crippen LogP) is 2.97. The molecule has 0 radical (unpaired) electrons. The van der Waals surface area contributed by atoms with E-state index in [1.165, 1.54) is 17.7 Å². The predicted molar refractivity (Wildman–Crippen MR) is 83.2 cm³/mol. The van der Waals surface area contributed by atoms with E-state index < -0.39 is 11.6 Å². The molecule has 4 heteroatoms. The molecule has 0 bridgehead atoms. The van der Waals surface area contributed by atoms with Crippen molar-refractivity contribution in [1.29, 1.82) is 0 Å². The van der Waals surface area contributed by atoms with Crippen LogP contribution in [-0.4, -0.2) is 24.0 Å². The average molecular weight is 302 g/mol. The SMILES string of the molecule is NC1CN(Cc2ccccc2)CC1Cc1cc(F)cc(F)c1. The molecule has 0 aliphatic carbocycles. The van der Waals surface area contributed by atoms with Crippen LogP contribution in [0.25, 0.3) is 0 Å². The Bertz CT molecular complexity index is 610. The van der Waals surface area contributed by atoms with E-state index in [9.17, 15) is 8.78 Å². The van der Waals surface area contributed by atoms with E-state index in [4.69, 9.17) is 5.73 Å². The van der Waals surface area contributed by atoms with E-state index in [0.29, 0.717) is 12.0 Å². The van der Waals surface area contributed by atoms with Gasteiger partial charge in [0.05, 0.1) is 0 Å². The van der Waals surface area contributed by atoms with Crippen molar-refractivity contribution in [3.63, 3.8) is 0 Å². The summed E-state index contributed by atoms with van der Waals surface area (Å²) in [5.74, 6) is -0.824. The van der Waals surface area contributed by atoms with Crippen LogP contribution in [0.3, 0.4) is 0 Å². The average Bonchev–Trinajstić information content (AvgIpc) is 2.78. The van der Waals surface area contributed by atoms with E-state index in [2.05, 4.69) is 17.0 Å². The van der Waals surface area contributed by atoms with Crippen molar-refractivity contribution in [2.45, 2.75) is 19.0 Å². The Morgan fingerprint density at radius 1 is 0.955 bits per heavy atom. The Labute approximate surface area is 129 Å². The van der Waals surface area contributed by atoms with Crippen LogP contribution in [0.1, 0.15) is 11.1 Å². The molecule has 0 spiro atoms. The van der Waals surface area contributed by atoms with Gasteiger partial charge in [0.1, 0.15) is 11.6 Å². The Morgan fingerprint density at radius 2 is 1.64 bits per heavy atom. The standard InChI is InChI=1S/C18H20F2N2/c19-16-7-14(8-17(20)9-16)6-15-11-22(12-18(15)21)10-13-4-2-1-3-5-13/h1-5,7-9,15,18H,6,10-12,21H2. The van der Waals surface area contributed by atoms with Crippen molar-refractivity contribution in [1.82, 2.24) is 4.90 Å². The van der Waals surface area contributed by atoms with Gasteiger partial charge >= 0.3 is 0 Å². The molecule has 3 rings (SSSR count). The lowest BCUT2D eigenvalue weighted by Gasteiger charge is -2.16. The fraction of sp³-hybridized carbons (Fsp3) is 0.333. The van der Waals surface area contributed by atoms with Crippen LogP contribution in [0.5, 0.6) is 0 Å². The Hall–Kier alpha value is -1.78. The van der Waals surface area contributed by atoms with E-state index in [1.807, 2.05) is 18.2 Å². The molecule has 2 nitrogen and oxygen atoms in total. The molecule has 2 atom stereocenters. The number of nitrogens with two attached hydrogens (primary N) is 1. The summed E-state index contributed by atoms with van der Waals surface area (Å²) in [5.41, 5.74) is 8.15. The second-order valence-electron chi connectivity index (χ2n) is 6.09. The van der Waals surface area contributed by atoms with Crippen molar-refractivity contribution in [2.24, 2.45) is 11.7 Å². The molecule has 2 aromatic rings. The summed E-state index contributed by atoms with van der Waals surface area (Å²) in [6.07, 6.45) is 0.612. The van der Waals surface area contributed by atoms with Gasteiger partial charge in [0.2, 0.25) is 0 Å². The van der Waals surface area contributed by atoms with Crippen LogP contribution in [0, 0.1) is 17.6 Å². The van der Waals surface area contributed by atoms with Gasteiger partial charge < -0.3 is 5.73 Å². The summed E-state index contributed by atoms with van der Waals surface area (Å²) in [5, 5.41) is 0. The van der Waals surface area contributed by atoms with E-state index in [-0.39, 0.29) is 12.0 Å². The molecule has 1 saturated heterocycles. The number of likely N-dealkylation sites (tertiary alicyclic amines) is 1. The lowest BCUT2D eigenvalue weighted by molar-refractivity contribution is 0.315. The zero-order chi connectivity index (χ0) is 15.5. The third kappa shape index (κ3) is 3.70. The van der Waals surface area contributed by atoms with Crippen molar-refractivity contribution in [2.75, 3.05) is 13.1 Å². The minimum absolute atomic E-state index is 0.0371. The number of hydrogen-bond acceptors (Lipinski definition) is 2. The van der Waals surface area contributed by atoms with Gasteiger partial charge in [-0.2, -0.15) is 0 Å². The third-order valence-corrected chi connectivity index (χ3v) is 4.24. The second kappa shape index (κ2) is 6.55. The van der Waals surface area contributed by atoms with Crippen molar-refractivity contribution in [3.8, 4) is 0 Å². The van der Waals surface area contributed by atoms with Gasteiger partial charge in [0.25, 0.3) is 0 Å². The molecule has 0 amide bonds. The first-order valence-corrected chi connectivity index (χ1v) is 7.57. The van der Waals surface area contributed by atoms with Crippen molar-refractivity contribution < 1.29 is 8.78 Å². The lowest BCUT2D eigenvalue weighted by Crippen LogP contribution is -2.30. The van der Waals surface area contributed by atoms with Gasteiger partial charge in [0, 0.05) is 31.7 Å². The van der Waals surface area contributed by atoms with Crippen molar-refractivity contribution >= 4 is 0 Å². The lowest BCUT2D eigenvalue weighted by atomic mass is 9.95. The highest BCUT2D eigenvalue weighted by atomic mass is 19.1. The molecule has 1 aliphatic heterocycles. The summed E-state index contributed by atoms with van der Waals surface area (Å²) in [7, 11) is 0. The molecule has 1 heterocycles. The van der Waals surface area contributed by atoms with Crippen molar-refractivity contribution in [3.05, 3.63) is 71.3 Å². The Kier molecular flexibility index (Phi) is 4.50. The van der Waals surface area contributed by atoms with E-state index in [0.717, 1.165) is 25.7 Å². The number of rotatable bonds is 4. The summed E-state index contributed by atoms with van der Waals surface area (Å²) in [6, 6.07) is 14.0. The molecule has 0 saturated carbocycles. The molecule has 0 aromatic heterocycles. The summed E-state index contributed by atoms with van der Waals surface area (Å²) in [4.78, 5) is 2.31. The molecular formula is C18H20F2N2. The number of nitrogens with zero attached hydrogens (tertiary/aromatic N) is 1. The minimum atomic E-state index is -0.525. The van der Waals surface area contributed by atoms with E-state index in [1.54, 1.807) is 0 Å². The van der Waals surface area contributed by atoms with Crippen LogP contribution >= 0.6 is 0 Å². The van der Waals surface area contributed by atoms with Gasteiger partial charge in [-0.05, 0) is 35.6 Å². The summed E-state index contributed by atoms with van der Waals surface area (Å²) in [6.45, 7) is 2.54. The van der Waals surface area contributed by atoms with Crippen LogP contribution in [0.4, 0.5) is 8.78 Å². The molecule has 22 heavy (non-hydrogen) atoms. The van der Waals surface area contributed by atoms with E-state index >= 15 is 0 Å². The van der Waals surface area contributed by atoms with Gasteiger partial charge in [-0.15, -0.1) is 0 Å². The topological polar surface area (TPSA) is 29.3 Å². The molecule has 1 fully saturated rings. The molecular weight excluding hydrogens is 282 g/mol. The molecule has 2 N–H and O–H groups in total. The minimum Gasteiger partial charge on any atom is -0.326 e. The first kappa shape index (κ1) is 15.1. The zero-order valence-electron chi connectivity index (χ0n) is 12.4. The van der Waals surface area contributed by atoms with Gasteiger partial charge in [-0.1, -0.05) is 30.3 Å². The van der Waals surface area contributed by atoms with Crippen LogP contribution in [0.2, 0.25) is 0 Å². The zero-order valence-corrected chi connectivity index (χ0v) is 12.4. The first-order chi connectivity index (χ1) is 10.6. The maximum absolute atomic E-state index is 13.3. The fourth-order valence-corrected chi connectivity index (χ4v) is 3.21. The highest BCUT2D eigenvalue weighted by Gasteiger charge is 2.30. The van der Waals surface area contributed by atoms with Gasteiger partial charge in [-0.25, -0.2) is 8.78 Å². The quantitative estimate of drug-likeness (QED) is 0.941. The van der Waals surface area contributed by atoms with Crippen LogP contribution in [0.15, 0.2) is 48.5 Å². The maximum Gasteiger partial charge on any atom is 0.126 e. The Balaban J connectivity index is 1.63.